The number of carbonyl (C=O) groups is 1. The summed E-state index contributed by atoms with van der Waals surface area (Å²) < 4.78 is 10.5. The first-order chi connectivity index (χ1) is 16.1. The van der Waals surface area contributed by atoms with E-state index in [9.17, 15) is 10.1 Å². The number of amides is 1. The van der Waals surface area contributed by atoms with Gasteiger partial charge in [-0.3, -0.25) is 15.0 Å². The van der Waals surface area contributed by atoms with Crippen molar-refractivity contribution in [2.75, 3.05) is 26.1 Å². The van der Waals surface area contributed by atoms with Crippen LogP contribution in [0, 0.1) is 11.3 Å². The van der Waals surface area contributed by atoms with E-state index in [1.54, 1.807) is 25.3 Å². The highest BCUT2D eigenvalue weighted by atomic mass is 32.1. The van der Waals surface area contributed by atoms with Crippen molar-refractivity contribution in [2.45, 2.75) is 19.5 Å². The average Bonchev–Trinajstić information content (AvgIpc) is 3.24. The Hall–Kier alpha value is -3.67. The molecule has 8 heteroatoms. The van der Waals surface area contributed by atoms with Crippen LogP contribution in [0.4, 0.5) is 5.13 Å². The Morgan fingerprint density at radius 1 is 1.21 bits per heavy atom. The Bertz CT molecular complexity index is 1210. The third kappa shape index (κ3) is 5.40. The zero-order valence-electron chi connectivity index (χ0n) is 18.5. The minimum absolute atomic E-state index is 0.0129. The van der Waals surface area contributed by atoms with Gasteiger partial charge in [-0.05, 0) is 29.3 Å². The van der Waals surface area contributed by atoms with E-state index >= 15 is 0 Å². The van der Waals surface area contributed by atoms with Crippen molar-refractivity contribution in [1.82, 2.24) is 9.88 Å². The highest BCUT2D eigenvalue weighted by Gasteiger charge is 2.22. The zero-order chi connectivity index (χ0) is 23.2. The number of nitrogens with one attached hydrogen (secondary N) is 1. The van der Waals surface area contributed by atoms with Gasteiger partial charge >= 0.3 is 0 Å². The molecule has 0 aliphatic carbocycles. The number of hydrogen-bond acceptors (Lipinski definition) is 7. The van der Waals surface area contributed by atoms with Gasteiger partial charge in [-0.1, -0.05) is 36.4 Å². The molecule has 1 amide bonds. The molecule has 7 nitrogen and oxygen atoms in total. The van der Waals surface area contributed by atoms with Crippen LogP contribution in [-0.2, 0) is 24.3 Å². The number of carbonyl (C=O) groups excluding carboxylic acids is 1. The van der Waals surface area contributed by atoms with Crippen LogP contribution in [0.2, 0.25) is 0 Å². The number of thiazole rings is 1. The first-order valence-corrected chi connectivity index (χ1v) is 11.3. The second kappa shape index (κ2) is 10.3. The van der Waals surface area contributed by atoms with Crippen LogP contribution in [0.25, 0.3) is 6.08 Å². The Labute approximate surface area is 196 Å². The van der Waals surface area contributed by atoms with Crippen molar-refractivity contribution >= 4 is 28.5 Å². The first kappa shape index (κ1) is 22.5. The normalized spacial score (nSPS) is 13.7. The summed E-state index contributed by atoms with van der Waals surface area (Å²) in [7, 11) is 3.09. The first-order valence-electron chi connectivity index (χ1n) is 10.5. The monoisotopic (exact) mass is 460 g/mol. The summed E-state index contributed by atoms with van der Waals surface area (Å²) in [4.78, 5) is 20.9. The number of rotatable bonds is 7. The molecule has 1 aliphatic heterocycles. The highest BCUT2D eigenvalue weighted by molar-refractivity contribution is 7.15. The van der Waals surface area contributed by atoms with Gasteiger partial charge in [0.25, 0.3) is 5.91 Å². The van der Waals surface area contributed by atoms with Crippen LogP contribution in [0.15, 0.2) is 54.1 Å². The van der Waals surface area contributed by atoms with E-state index in [0.717, 1.165) is 36.6 Å². The molecule has 3 aromatic rings. The molecule has 0 fully saturated rings. The van der Waals surface area contributed by atoms with E-state index in [4.69, 9.17) is 9.47 Å². The number of nitriles is 1. The third-order valence-electron chi connectivity index (χ3n) is 5.36. The van der Waals surface area contributed by atoms with Gasteiger partial charge in [0.15, 0.2) is 16.6 Å². The van der Waals surface area contributed by atoms with Crippen molar-refractivity contribution in [3.8, 4) is 17.6 Å². The molecule has 4 rings (SSSR count). The lowest BCUT2D eigenvalue weighted by Gasteiger charge is -2.25. The van der Waals surface area contributed by atoms with Crippen molar-refractivity contribution < 1.29 is 14.3 Å². The van der Waals surface area contributed by atoms with E-state index in [1.807, 2.05) is 24.3 Å². The lowest BCUT2D eigenvalue weighted by atomic mass is 10.1. The average molecular weight is 461 g/mol. The van der Waals surface area contributed by atoms with Crippen molar-refractivity contribution in [1.29, 1.82) is 5.26 Å². The fourth-order valence-electron chi connectivity index (χ4n) is 3.70. The van der Waals surface area contributed by atoms with Gasteiger partial charge in [0, 0.05) is 30.9 Å². The molecule has 168 valence electrons. The van der Waals surface area contributed by atoms with Gasteiger partial charge in [-0.15, -0.1) is 11.3 Å². The largest absolute Gasteiger partial charge is 0.493 e. The fourth-order valence-corrected chi connectivity index (χ4v) is 4.75. The number of methoxy groups -OCH3 is 2. The number of hydrogen-bond donors (Lipinski definition) is 1. The molecule has 2 heterocycles. The van der Waals surface area contributed by atoms with Gasteiger partial charge in [-0.25, -0.2) is 4.98 Å². The van der Waals surface area contributed by atoms with Crippen molar-refractivity contribution in [2.24, 2.45) is 0 Å². The van der Waals surface area contributed by atoms with Crippen molar-refractivity contribution in [3.05, 3.63) is 75.8 Å². The Morgan fingerprint density at radius 3 is 2.73 bits per heavy atom. The maximum atomic E-state index is 12.7. The SMILES string of the molecule is COc1ccc(/C=C(/C#N)C(=O)Nc2nc3c(s2)CN(Cc2ccccc2)CC3)cc1OC. The van der Waals surface area contributed by atoms with Crippen molar-refractivity contribution in [3.63, 3.8) is 0 Å². The Kier molecular flexibility index (Phi) is 7.03. The molecule has 0 radical (unpaired) electrons. The molecule has 0 bridgehead atoms. The molecule has 0 spiro atoms. The Balaban J connectivity index is 1.44. The van der Waals surface area contributed by atoms with Crippen LogP contribution in [0.1, 0.15) is 21.7 Å². The van der Waals surface area contributed by atoms with E-state index in [0.29, 0.717) is 22.2 Å². The van der Waals surface area contributed by atoms with Gasteiger partial charge in [0.05, 0.1) is 19.9 Å². The number of anilines is 1. The number of benzene rings is 2. The molecular formula is C25H24N4O3S. The minimum atomic E-state index is -0.487. The summed E-state index contributed by atoms with van der Waals surface area (Å²) in [5.74, 6) is 0.614. The van der Waals surface area contributed by atoms with E-state index in [-0.39, 0.29) is 5.57 Å². The summed E-state index contributed by atoms with van der Waals surface area (Å²) >= 11 is 1.47. The number of nitrogens with zero attached hydrogens (tertiary/aromatic N) is 3. The zero-order valence-corrected chi connectivity index (χ0v) is 19.3. The predicted octanol–water partition coefficient (Wildman–Crippen LogP) is 4.26. The smallest absolute Gasteiger partial charge is 0.268 e. The maximum Gasteiger partial charge on any atom is 0.268 e. The molecule has 0 saturated carbocycles. The fraction of sp³-hybridized carbons (Fsp3) is 0.240. The summed E-state index contributed by atoms with van der Waals surface area (Å²) in [6.07, 6.45) is 2.35. The molecule has 1 aromatic heterocycles. The number of ether oxygens (including phenoxy) is 2. The van der Waals surface area contributed by atoms with Gasteiger partial charge in [0.1, 0.15) is 11.6 Å². The summed E-state index contributed by atoms with van der Waals surface area (Å²) in [5.41, 5.74) is 2.94. The molecule has 0 saturated heterocycles. The predicted molar refractivity (Wildman–Crippen MR) is 128 cm³/mol. The number of fused-ring (bicyclic) bond motifs is 1. The molecule has 33 heavy (non-hydrogen) atoms. The molecule has 1 aliphatic rings. The molecule has 0 unspecified atom stereocenters. The number of aromatic nitrogens is 1. The van der Waals surface area contributed by atoms with Crippen LogP contribution < -0.4 is 14.8 Å². The summed E-state index contributed by atoms with van der Waals surface area (Å²) in [6.45, 7) is 2.60. The topological polar surface area (TPSA) is 87.5 Å². The van der Waals surface area contributed by atoms with Crippen LogP contribution in [-0.4, -0.2) is 36.6 Å². The third-order valence-corrected chi connectivity index (χ3v) is 6.36. The van der Waals surface area contributed by atoms with Crippen LogP contribution in [0.5, 0.6) is 11.5 Å². The van der Waals surface area contributed by atoms with Crippen LogP contribution in [0.3, 0.4) is 0 Å². The van der Waals surface area contributed by atoms with Gasteiger partial charge in [-0.2, -0.15) is 5.26 Å². The summed E-state index contributed by atoms with van der Waals surface area (Å²) in [6, 6.07) is 17.6. The van der Waals surface area contributed by atoms with E-state index in [1.165, 1.54) is 30.1 Å². The molecule has 1 N–H and O–H groups in total. The molecule has 2 aromatic carbocycles. The quantitative estimate of drug-likeness (QED) is 0.419. The van der Waals surface area contributed by atoms with E-state index in [2.05, 4.69) is 27.3 Å². The standard InChI is InChI=1S/C25H24N4O3S/c1-31-21-9-8-18(13-22(21)32-2)12-19(14-26)24(30)28-25-27-20-10-11-29(16-23(20)33-25)15-17-6-4-3-5-7-17/h3-9,12-13H,10-11,15-16H2,1-2H3,(H,27,28,30)/b19-12-. The second-order valence-corrected chi connectivity index (χ2v) is 8.66. The highest BCUT2D eigenvalue weighted by Crippen LogP contribution is 2.30. The maximum absolute atomic E-state index is 12.7. The lowest BCUT2D eigenvalue weighted by molar-refractivity contribution is -0.112. The van der Waals surface area contributed by atoms with E-state index < -0.39 is 5.91 Å². The second-order valence-electron chi connectivity index (χ2n) is 7.57. The lowest BCUT2D eigenvalue weighted by Crippen LogP contribution is -2.29. The summed E-state index contributed by atoms with van der Waals surface area (Å²) in [5, 5.41) is 12.8. The van der Waals surface area contributed by atoms with Gasteiger partial charge < -0.3 is 9.47 Å². The van der Waals surface area contributed by atoms with Crippen LogP contribution >= 0.6 is 11.3 Å². The Morgan fingerprint density at radius 2 is 2.00 bits per heavy atom. The van der Waals surface area contributed by atoms with Gasteiger partial charge in [0.2, 0.25) is 0 Å². The molecular weight excluding hydrogens is 436 g/mol. The molecule has 0 atom stereocenters. The minimum Gasteiger partial charge on any atom is -0.493 e.